The number of nitrogens with zero attached hydrogens (tertiary/aromatic N) is 3. The van der Waals surface area contributed by atoms with Crippen LogP contribution in [0, 0.1) is 0 Å². The van der Waals surface area contributed by atoms with Crippen LogP contribution in [0.25, 0.3) is 0 Å². The van der Waals surface area contributed by atoms with Crippen molar-refractivity contribution in [2.75, 3.05) is 13.1 Å². The molecular formula is C16H28N4O. The Balaban J connectivity index is 1.57. The van der Waals surface area contributed by atoms with Gasteiger partial charge in [0.1, 0.15) is 0 Å². The van der Waals surface area contributed by atoms with E-state index < -0.39 is 0 Å². The molecular weight excluding hydrogens is 264 g/mol. The summed E-state index contributed by atoms with van der Waals surface area (Å²) in [6.07, 6.45) is 6.30. The van der Waals surface area contributed by atoms with E-state index in [1.807, 2.05) is 0 Å². The summed E-state index contributed by atoms with van der Waals surface area (Å²) in [5, 5.41) is 7.76. The number of piperidine rings is 1. The van der Waals surface area contributed by atoms with Crippen molar-refractivity contribution in [2.24, 2.45) is 0 Å². The van der Waals surface area contributed by atoms with E-state index in [2.05, 4.69) is 41.1 Å². The molecule has 2 aliphatic rings. The number of hydrogen-bond donors (Lipinski definition) is 1. The van der Waals surface area contributed by atoms with Gasteiger partial charge in [0.2, 0.25) is 5.89 Å². The lowest BCUT2D eigenvalue weighted by Crippen LogP contribution is -2.49. The first-order chi connectivity index (χ1) is 10.0. The van der Waals surface area contributed by atoms with Gasteiger partial charge in [-0.05, 0) is 53.0 Å². The highest BCUT2D eigenvalue weighted by Crippen LogP contribution is 2.38. The molecule has 2 fully saturated rings. The summed E-state index contributed by atoms with van der Waals surface area (Å²) in [6, 6.07) is 0.578. The summed E-state index contributed by atoms with van der Waals surface area (Å²) < 4.78 is 5.44. The molecule has 2 heterocycles. The summed E-state index contributed by atoms with van der Waals surface area (Å²) in [5.41, 5.74) is 0.173. The SMILES string of the molecule is CC(C)(C)NCC1CCCCN1Cc1nc(C2CC2)no1. The average Bonchev–Trinajstić information content (AvgIpc) is 3.18. The van der Waals surface area contributed by atoms with E-state index in [0.717, 1.165) is 31.3 Å². The monoisotopic (exact) mass is 292 g/mol. The maximum Gasteiger partial charge on any atom is 0.240 e. The minimum absolute atomic E-state index is 0.173. The fourth-order valence-electron chi connectivity index (χ4n) is 2.94. The molecule has 1 N–H and O–H groups in total. The van der Waals surface area contributed by atoms with E-state index in [0.29, 0.717) is 12.0 Å². The maximum absolute atomic E-state index is 5.44. The van der Waals surface area contributed by atoms with E-state index in [9.17, 15) is 0 Å². The molecule has 5 nitrogen and oxygen atoms in total. The topological polar surface area (TPSA) is 54.2 Å². The lowest BCUT2D eigenvalue weighted by Gasteiger charge is -2.36. The fraction of sp³-hybridized carbons (Fsp3) is 0.875. The van der Waals surface area contributed by atoms with Crippen LogP contribution in [-0.2, 0) is 6.54 Å². The van der Waals surface area contributed by atoms with Crippen LogP contribution in [0.4, 0.5) is 0 Å². The molecule has 0 bridgehead atoms. The van der Waals surface area contributed by atoms with Crippen molar-refractivity contribution in [2.45, 2.75) is 76.9 Å². The third kappa shape index (κ3) is 4.27. The maximum atomic E-state index is 5.44. The van der Waals surface area contributed by atoms with Crippen LogP contribution in [0.15, 0.2) is 4.52 Å². The summed E-state index contributed by atoms with van der Waals surface area (Å²) in [4.78, 5) is 7.08. The van der Waals surface area contributed by atoms with Gasteiger partial charge < -0.3 is 9.84 Å². The molecule has 1 atom stereocenters. The molecule has 21 heavy (non-hydrogen) atoms. The largest absolute Gasteiger partial charge is 0.338 e. The normalized spacial score (nSPS) is 24.4. The van der Waals surface area contributed by atoms with Crippen LogP contribution in [0.2, 0.25) is 0 Å². The lowest BCUT2D eigenvalue weighted by atomic mass is 10.0. The smallest absolute Gasteiger partial charge is 0.240 e. The number of rotatable bonds is 5. The second-order valence-corrected chi connectivity index (χ2v) is 7.57. The lowest BCUT2D eigenvalue weighted by molar-refractivity contribution is 0.116. The Bertz CT molecular complexity index is 461. The summed E-state index contributed by atoms with van der Waals surface area (Å²) >= 11 is 0. The van der Waals surface area contributed by atoms with Crippen LogP contribution in [-0.4, -0.2) is 39.7 Å². The Morgan fingerprint density at radius 2 is 2.05 bits per heavy atom. The molecule has 1 aliphatic heterocycles. The number of likely N-dealkylation sites (tertiary alicyclic amines) is 1. The number of aromatic nitrogens is 2. The molecule has 1 saturated heterocycles. The van der Waals surface area contributed by atoms with E-state index in [1.165, 1.54) is 32.1 Å². The van der Waals surface area contributed by atoms with Crippen molar-refractivity contribution in [1.82, 2.24) is 20.4 Å². The van der Waals surface area contributed by atoms with Crippen molar-refractivity contribution >= 4 is 0 Å². The Kier molecular flexibility index (Phi) is 4.31. The number of nitrogens with one attached hydrogen (secondary N) is 1. The first-order valence-electron chi connectivity index (χ1n) is 8.33. The predicted octanol–water partition coefficient (Wildman–Crippen LogP) is 2.69. The molecule has 0 radical (unpaired) electrons. The van der Waals surface area contributed by atoms with Crippen molar-refractivity contribution < 1.29 is 4.52 Å². The Morgan fingerprint density at radius 1 is 1.24 bits per heavy atom. The summed E-state index contributed by atoms with van der Waals surface area (Å²) in [6.45, 7) is 9.64. The predicted molar refractivity (Wildman–Crippen MR) is 82.1 cm³/mol. The molecule has 118 valence electrons. The van der Waals surface area contributed by atoms with Crippen LogP contribution in [0.3, 0.4) is 0 Å². The zero-order chi connectivity index (χ0) is 14.9. The van der Waals surface area contributed by atoms with Gasteiger partial charge in [0.15, 0.2) is 5.82 Å². The molecule has 0 amide bonds. The van der Waals surface area contributed by atoms with Gasteiger partial charge in [0.25, 0.3) is 0 Å². The number of hydrogen-bond acceptors (Lipinski definition) is 5. The van der Waals surface area contributed by atoms with Crippen LogP contribution in [0.1, 0.15) is 70.5 Å². The van der Waals surface area contributed by atoms with Gasteiger partial charge in [0, 0.05) is 24.0 Å². The highest BCUT2D eigenvalue weighted by Gasteiger charge is 2.30. The summed E-state index contributed by atoms with van der Waals surface area (Å²) in [7, 11) is 0. The third-order valence-corrected chi connectivity index (χ3v) is 4.38. The van der Waals surface area contributed by atoms with Gasteiger partial charge in [-0.2, -0.15) is 4.98 Å². The zero-order valence-electron chi connectivity index (χ0n) is 13.6. The molecule has 1 aromatic rings. The highest BCUT2D eigenvalue weighted by molar-refractivity contribution is 5.03. The molecule has 3 rings (SSSR count). The average molecular weight is 292 g/mol. The second-order valence-electron chi connectivity index (χ2n) is 7.57. The van der Waals surface area contributed by atoms with E-state index in [1.54, 1.807) is 0 Å². The van der Waals surface area contributed by atoms with Gasteiger partial charge in [0.05, 0.1) is 6.54 Å². The van der Waals surface area contributed by atoms with Crippen LogP contribution in [0.5, 0.6) is 0 Å². The molecule has 5 heteroatoms. The molecule has 1 aliphatic carbocycles. The minimum atomic E-state index is 0.173. The Labute approximate surface area is 127 Å². The van der Waals surface area contributed by atoms with Crippen LogP contribution >= 0.6 is 0 Å². The van der Waals surface area contributed by atoms with Gasteiger partial charge in [-0.3, -0.25) is 4.90 Å². The third-order valence-electron chi connectivity index (χ3n) is 4.38. The van der Waals surface area contributed by atoms with Crippen LogP contribution < -0.4 is 5.32 Å². The standard InChI is InChI=1S/C16H28N4O/c1-16(2,3)17-10-13-6-4-5-9-20(13)11-14-18-15(19-21-14)12-7-8-12/h12-13,17H,4-11H2,1-3H3. The van der Waals surface area contributed by atoms with E-state index >= 15 is 0 Å². The molecule has 0 aromatic carbocycles. The van der Waals surface area contributed by atoms with Crippen molar-refractivity contribution in [1.29, 1.82) is 0 Å². The highest BCUT2D eigenvalue weighted by atomic mass is 16.5. The first-order valence-corrected chi connectivity index (χ1v) is 8.33. The fourth-order valence-corrected chi connectivity index (χ4v) is 2.94. The minimum Gasteiger partial charge on any atom is -0.338 e. The Hall–Kier alpha value is -0.940. The quantitative estimate of drug-likeness (QED) is 0.904. The molecule has 1 saturated carbocycles. The van der Waals surface area contributed by atoms with Crippen molar-refractivity contribution in [3.8, 4) is 0 Å². The summed E-state index contributed by atoms with van der Waals surface area (Å²) in [5.74, 6) is 2.29. The molecule has 1 unspecified atom stereocenters. The van der Waals surface area contributed by atoms with Gasteiger partial charge >= 0.3 is 0 Å². The Morgan fingerprint density at radius 3 is 2.76 bits per heavy atom. The van der Waals surface area contributed by atoms with Gasteiger partial charge in [-0.15, -0.1) is 0 Å². The zero-order valence-corrected chi connectivity index (χ0v) is 13.6. The second kappa shape index (κ2) is 6.05. The first kappa shape index (κ1) is 15.0. The van der Waals surface area contributed by atoms with Crippen molar-refractivity contribution in [3.63, 3.8) is 0 Å². The molecule has 1 aromatic heterocycles. The van der Waals surface area contributed by atoms with Gasteiger partial charge in [-0.1, -0.05) is 11.6 Å². The van der Waals surface area contributed by atoms with E-state index in [4.69, 9.17) is 4.52 Å². The van der Waals surface area contributed by atoms with Crippen molar-refractivity contribution in [3.05, 3.63) is 11.7 Å². The molecule has 0 spiro atoms. The van der Waals surface area contributed by atoms with Gasteiger partial charge in [-0.25, -0.2) is 0 Å². The van der Waals surface area contributed by atoms with E-state index in [-0.39, 0.29) is 5.54 Å².